The molecule has 1 aromatic carbocycles. The number of phenolic OH excluding ortho intramolecular Hbond substituents is 1. The summed E-state index contributed by atoms with van der Waals surface area (Å²) >= 11 is 1.52. The van der Waals surface area contributed by atoms with Crippen LogP contribution in [0.1, 0.15) is 70.8 Å². The van der Waals surface area contributed by atoms with Gasteiger partial charge >= 0.3 is 0 Å². The van der Waals surface area contributed by atoms with Gasteiger partial charge in [-0.05, 0) is 67.9 Å². The summed E-state index contributed by atoms with van der Waals surface area (Å²) in [7, 11) is 0. The van der Waals surface area contributed by atoms with E-state index in [9.17, 15) is 33.9 Å². The van der Waals surface area contributed by atoms with Crippen molar-refractivity contribution >= 4 is 47.0 Å². The van der Waals surface area contributed by atoms with E-state index in [0.29, 0.717) is 24.3 Å². The Morgan fingerprint density at radius 2 is 1.59 bits per heavy atom. The summed E-state index contributed by atoms with van der Waals surface area (Å²) in [5.74, 6) is -2.84. The third kappa shape index (κ3) is 16.4. The van der Waals surface area contributed by atoms with Gasteiger partial charge in [0.15, 0.2) is 11.6 Å². The first kappa shape index (κ1) is 38.6. The highest BCUT2D eigenvalue weighted by molar-refractivity contribution is 7.98. The predicted molar refractivity (Wildman–Crippen MR) is 171 cm³/mol. The van der Waals surface area contributed by atoms with Crippen molar-refractivity contribution in [2.45, 2.75) is 83.7 Å². The molecular formula is C31H49N5O7S. The Kier molecular flexibility index (Phi) is 18.7. The molecule has 246 valence electrons. The molecule has 0 aliphatic heterocycles. The number of primary amides is 1. The van der Waals surface area contributed by atoms with Crippen molar-refractivity contribution in [3.63, 3.8) is 0 Å². The maximum atomic E-state index is 13.6. The van der Waals surface area contributed by atoms with E-state index in [-0.39, 0.29) is 62.0 Å². The average molecular weight is 636 g/mol. The highest BCUT2D eigenvalue weighted by Crippen LogP contribution is 2.19. The van der Waals surface area contributed by atoms with Gasteiger partial charge in [0.1, 0.15) is 11.8 Å². The molecule has 1 rings (SSSR count). The predicted octanol–water partition coefficient (Wildman–Crippen LogP) is 1.36. The zero-order valence-corrected chi connectivity index (χ0v) is 26.9. The van der Waals surface area contributed by atoms with Gasteiger partial charge in [0.25, 0.3) is 0 Å². The number of benzene rings is 1. The molecule has 0 aliphatic carbocycles. The minimum atomic E-state index is -0.959. The number of ketones is 2. The molecule has 0 aromatic heterocycles. The van der Waals surface area contributed by atoms with E-state index < -0.39 is 41.5 Å². The van der Waals surface area contributed by atoms with Crippen molar-refractivity contribution in [1.29, 1.82) is 0 Å². The Balaban J connectivity index is 3.04. The van der Waals surface area contributed by atoms with Crippen LogP contribution in [0.2, 0.25) is 0 Å². The largest absolute Gasteiger partial charge is 0.508 e. The Morgan fingerprint density at radius 1 is 0.909 bits per heavy atom. The number of amides is 4. The minimum absolute atomic E-state index is 0.0337. The smallest absolute Gasteiger partial charge is 0.242 e. The fourth-order valence-corrected chi connectivity index (χ4v) is 5.17. The van der Waals surface area contributed by atoms with Gasteiger partial charge in [0.05, 0.1) is 12.6 Å². The first-order chi connectivity index (χ1) is 20.9. The normalized spacial score (nSPS) is 13.6. The van der Waals surface area contributed by atoms with Crippen LogP contribution in [0.5, 0.6) is 5.75 Å². The summed E-state index contributed by atoms with van der Waals surface area (Å²) in [6.45, 7) is 3.47. The van der Waals surface area contributed by atoms with E-state index in [1.54, 1.807) is 12.1 Å². The summed E-state index contributed by atoms with van der Waals surface area (Å²) in [6.07, 6.45) is 4.80. The van der Waals surface area contributed by atoms with Crippen LogP contribution < -0.4 is 27.4 Å². The van der Waals surface area contributed by atoms with Crippen LogP contribution >= 0.6 is 11.8 Å². The fourth-order valence-electron chi connectivity index (χ4n) is 4.69. The number of rotatable bonds is 23. The fraction of sp³-hybridized carbons (Fsp3) is 0.613. The van der Waals surface area contributed by atoms with Crippen molar-refractivity contribution in [2.75, 3.05) is 25.1 Å². The number of aromatic hydroxyl groups is 1. The molecule has 8 N–H and O–H groups in total. The molecule has 0 aliphatic rings. The molecule has 1 aromatic rings. The number of phenols is 1. The van der Waals surface area contributed by atoms with E-state index in [2.05, 4.69) is 16.0 Å². The molecule has 0 saturated heterocycles. The number of carbonyl (C=O) groups excluding carboxylic acids is 6. The molecule has 4 amide bonds. The first-order valence-corrected chi connectivity index (χ1v) is 16.4. The molecule has 12 nitrogen and oxygen atoms in total. The average Bonchev–Trinajstić information content (AvgIpc) is 2.96. The highest BCUT2D eigenvalue weighted by atomic mass is 32.2. The van der Waals surface area contributed by atoms with E-state index >= 15 is 0 Å². The first-order valence-electron chi connectivity index (χ1n) is 15.0. The monoisotopic (exact) mass is 635 g/mol. The number of hydrogen-bond acceptors (Lipinski definition) is 9. The van der Waals surface area contributed by atoms with Crippen molar-refractivity contribution in [3.8, 4) is 5.75 Å². The lowest BCUT2D eigenvalue weighted by Gasteiger charge is -2.23. The van der Waals surface area contributed by atoms with Gasteiger partial charge in [-0.1, -0.05) is 31.9 Å². The van der Waals surface area contributed by atoms with Gasteiger partial charge in [0.2, 0.25) is 23.6 Å². The Bertz CT molecular complexity index is 1100. The third-order valence-corrected chi connectivity index (χ3v) is 7.76. The second kappa shape index (κ2) is 21.3. The van der Waals surface area contributed by atoms with Crippen LogP contribution in [0.25, 0.3) is 0 Å². The number of unbranched alkanes of at least 4 members (excludes halogenated alkanes) is 1. The maximum Gasteiger partial charge on any atom is 0.242 e. The van der Waals surface area contributed by atoms with E-state index in [1.807, 2.05) is 13.2 Å². The molecule has 0 spiro atoms. The number of Topliss-reactive ketones (excluding diaryl/α,β-unsaturated/α-hetero) is 2. The van der Waals surface area contributed by atoms with Crippen LogP contribution in [0.15, 0.2) is 24.3 Å². The number of carbonyl (C=O) groups is 6. The van der Waals surface area contributed by atoms with Crippen molar-refractivity contribution in [3.05, 3.63) is 29.8 Å². The molecule has 44 heavy (non-hydrogen) atoms. The standard InChI is InChI=1S/C31H49N5O7S/c1-20(6-4-5-14-32)16-28(40)26(11-12-29(33)41)36-30(42)23(17-22-7-9-24(38)10-8-22)18-25(39)19-34-31(43)27(13-15-44-3)35-21(2)37/h7-10,20,23,26-27,38H,4-6,11-19,32H2,1-3H3,(H2,33,41)(H,34,43)(H,35,37)(H,36,42)/t20-,23-,26+,27+/m1/s1. The van der Waals surface area contributed by atoms with Gasteiger partial charge in [-0.3, -0.25) is 28.8 Å². The number of nitrogens with one attached hydrogen (secondary N) is 3. The molecule has 4 atom stereocenters. The zero-order chi connectivity index (χ0) is 33.1. The van der Waals surface area contributed by atoms with Crippen molar-refractivity contribution < 1.29 is 33.9 Å². The number of nitrogens with two attached hydrogens (primary N) is 2. The van der Waals surface area contributed by atoms with E-state index in [1.165, 1.54) is 30.8 Å². The molecule has 0 saturated carbocycles. The van der Waals surface area contributed by atoms with Gasteiger partial charge in [-0.25, -0.2) is 0 Å². The number of hydrogen-bond donors (Lipinski definition) is 6. The zero-order valence-electron chi connectivity index (χ0n) is 26.1. The Hall–Kier alpha value is -3.45. The lowest BCUT2D eigenvalue weighted by Crippen LogP contribution is -2.48. The molecular weight excluding hydrogens is 586 g/mol. The molecule has 0 bridgehead atoms. The second-order valence-electron chi connectivity index (χ2n) is 11.2. The topological polar surface area (TPSA) is 211 Å². The van der Waals surface area contributed by atoms with Crippen LogP contribution in [-0.4, -0.2) is 77.5 Å². The lowest BCUT2D eigenvalue weighted by atomic mass is 9.91. The van der Waals surface area contributed by atoms with Crippen LogP contribution in [-0.2, 0) is 35.2 Å². The number of thioether (sulfide) groups is 1. The van der Waals surface area contributed by atoms with Crippen LogP contribution in [0, 0.1) is 11.8 Å². The SMILES string of the molecule is CSCC[C@H](NC(C)=O)C(=O)NCC(=O)C[C@@H](Cc1ccc(O)cc1)C(=O)N[C@@H](CCC(N)=O)C(=O)C[C@H](C)CCCCN. The van der Waals surface area contributed by atoms with Gasteiger partial charge in [0, 0.05) is 32.1 Å². The van der Waals surface area contributed by atoms with E-state index in [4.69, 9.17) is 11.5 Å². The molecule has 0 unspecified atom stereocenters. The maximum absolute atomic E-state index is 13.6. The Morgan fingerprint density at radius 3 is 2.18 bits per heavy atom. The minimum Gasteiger partial charge on any atom is -0.508 e. The molecule has 0 fully saturated rings. The van der Waals surface area contributed by atoms with Gasteiger partial charge < -0.3 is 32.5 Å². The van der Waals surface area contributed by atoms with Gasteiger partial charge in [-0.15, -0.1) is 0 Å². The summed E-state index contributed by atoms with van der Waals surface area (Å²) in [4.78, 5) is 75.5. The lowest BCUT2D eigenvalue weighted by molar-refractivity contribution is -0.133. The molecule has 13 heteroatoms. The summed E-state index contributed by atoms with van der Waals surface area (Å²) in [5, 5.41) is 17.6. The quantitative estimate of drug-likeness (QED) is 0.0957. The van der Waals surface area contributed by atoms with Crippen LogP contribution in [0.4, 0.5) is 0 Å². The van der Waals surface area contributed by atoms with Crippen LogP contribution in [0.3, 0.4) is 0 Å². The van der Waals surface area contributed by atoms with E-state index in [0.717, 1.165) is 19.3 Å². The summed E-state index contributed by atoms with van der Waals surface area (Å²) < 4.78 is 0. The Labute approximate surface area is 264 Å². The molecule has 0 radical (unpaired) electrons. The van der Waals surface area contributed by atoms with Crippen molar-refractivity contribution in [1.82, 2.24) is 16.0 Å². The molecule has 0 heterocycles. The van der Waals surface area contributed by atoms with Crippen molar-refractivity contribution in [2.24, 2.45) is 23.3 Å². The van der Waals surface area contributed by atoms with Gasteiger partial charge in [-0.2, -0.15) is 11.8 Å². The third-order valence-electron chi connectivity index (χ3n) is 7.11. The summed E-state index contributed by atoms with van der Waals surface area (Å²) in [5.41, 5.74) is 11.6. The summed E-state index contributed by atoms with van der Waals surface area (Å²) in [6, 6.07) is 4.44. The highest BCUT2D eigenvalue weighted by Gasteiger charge is 2.29. The second-order valence-corrected chi connectivity index (χ2v) is 12.2.